The van der Waals surface area contributed by atoms with Gasteiger partial charge in [-0.1, -0.05) is 41.5 Å². The van der Waals surface area contributed by atoms with E-state index in [1.54, 1.807) is 20.8 Å². The number of hydrogen-bond donors (Lipinski definition) is 0. The Kier molecular flexibility index (Phi) is 7.65. The summed E-state index contributed by atoms with van der Waals surface area (Å²) in [5.74, 6) is -7.57. The molecule has 1 unspecified atom stereocenters. The van der Waals surface area contributed by atoms with Crippen LogP contribution in [0, 0.1) is 28.7 Å². The number of rotatable bonds is 6. The Morgan fingerprint density at radius 3 is 1.69 bits per heavy atom. The molecule has 0 N–H and O–H groups in total. The zero-order valence-corrected chi connectivity index (χ0v) is 19.3. The van der Waals surface area contributed by atoms with Crippen molar-refractivity contribution < 1.29 is 31.8 Å². The van der Waals surface area contributed by atoms with Crippen molar-refractivity contribution in [3.63, 3.8) is 0 Å². The number of hydrogen-bond acceptors (Lipinski definition) is 5. The van der Waals surface area contributed by atoms with Gasteiger partial charge < -0.3 is 9.47 Å². The minimum absolute atomic E-state index is 0.297. The van der Waals surface area contributed by atoms with Crippen molar-refractivity contribution in [1.82, 2.24) is 9.97 Å². The van der Waals surface area contributed by atoms with Crippen LogP contribution >= 0.6 is 0 Å². The second-order valence-electron chi connectivity index (χ2n) is 9.64. The van der Waals surface area contributed by atoms with E-state index < -0.39 is 64.9 Å². The van der Waals surface area contributed by atoms with Crippen molar-refractivity contribution in [3.8, 4) is 0 Å². The zero-order valence-electron chi connectivity index (χ0n) is 19.3. The molecule has 0 aliphatic rings. The number of aromatic nitrogens is 2. The predicted molar refractivity (Wildman–Crippen MR) is 110 cm³/mol. The van der Waals surface area contributed by atoms with Crippen LogP contribution in [0.25, 0.3) is 0 Å². The van der Waals surface area contributed by atoms with E-state index in [2.05, 4.69) is 14.7 Å². The third kappa shape index (κ3) is 5.43. The second kappa shape index (κ2) is 9.52. The molecule has 176 valence electrons. The van der Waals surface area contributed by atoms with Crippen LogP contribution in [0.2, 0.25) is 0 Å². The molecule has 32 heavy (non-hydrogen) atoms. The number of carbonyl (C=O) groups excluding carboxylic acids is 1. The molecule has 0 bridgehead atoms. The minimum Gasteiger partial charge on any atom is -0.460 e. The smallest absolute Gasteiger partial charge is 0.314 e. The monoisotopic (exact) mass is 456 g/mol. The third-order valence-electron chi connectivity index (χ3n) is 4.87. The van der Waals surface area contributed by atoms with Crippen LogP contribution in [-0.4, -0.2) is 23.0 Å². The van der Waals surface area contributed by atoms with Gasteiger partial charge in [-0.25, -0.2) is 27.5 Å². The number of carbonyl (C=O) groups is 1. The molecule has 0 radical (unpaired) electrons. The van der Waals surface area contributed by atoms with Crippen molar-refractivity contribution in [2.75, 3.05) is 7.11 Å². The van der Waals surface area contributed by atoms with Crippen LogP contribution in [0.1, 0.15) is 70.0 Å². The normalized spacial score (nSPS) is 13.2. The van der Waals surface area contributed by atoms with Gasteiger partial charge in [-0.05, 0) is 5.41 Å². The number of ether oxygens (including phenoxy) is 2. The fourth-order valence-corrected chi connectivity index (χ4v) is 3.21. The van der Waals surface area contributed by atoms with E-state index in [-0.39, 0.29) is 5.41 Å². The molecule has 1 aromatic carbocycles. The van der Waals surface area contributed by atoms with E-state index in [4.69, 9.17) is 4.74 Å². The molecular weight excluding hydrogens is 428 g/mol. The molecule has 0 amide bonds. The van der Waals surface area contributed by atoms with Gasteiger partial charge in [0.2, 0.25) is 0 Å². The Balaban J connectivity index is 2.33. The average Bonchev–Trinajstić information content (AvgIpc) is 2.68. The van der Waals surface area contributed by atoms with Crippen molar-refractivity contribution in [3.05, 3.63) is 58.2 Å². The molecule has 5 nitrogen and oxygen atoms in total. The molecule has 0 spiro atoms. The largest absolute Gasteiger partial charge is 0.460 e. The average molecular weight is 456 g/mol. The van der Waals surface area contributed by atoms with Gasteiger partial charge in [0.15, 0.2) is 23.3 Å². The molecule has 1 heterocycles. The van der Waals surface area contributed by atoms with Gasteiger partial charge in [0, 0.05) is 30.5 Å². The predicted octanol–water partition coefficient (Wildman–Crippen LogP) is 5.35. The molecule has 1 aromatic heterocycles. The molecule has 0 aliphatic heterocycles. The summed E-state index contributed by atoms with van der Waals surface area (Å²) in [4.78, 5) is 21.5. The number of methoxy groups -OCH3 is 1. The van der Waals surface area contributed by atoms with Gasteiger partial charge in [0.25, 0.3) is 0 Å². The molecule has 0 aliphatic carbocycles. The summed E-state index contributed by atoms with van der Waals surface area (Å²) in [6.07, 6.45) is 3.01. The fraction of sp³-hybridized carbons (Fsp3) is 0.522. The Bertz CT molecular complexity index is 952. The quantitative estimate of drug-likeness (QED) is 0.333. The summed E-state index contributed by atoms with van der Waals surface area (Å²) in [7, 11) is 1.13. The van der Waals surface area contributed by atoms with Gasteiger partial charge in [-0.2, -0.15) is 0 Å². The summed E-state index contributed by atoms with van der Waals surface area (Å²) in [5.41, 5.74) is -2.40. The van der Waals surface area contributed by atoms with Crippen LogP contribution < -0.4 is 0 Å². The lowest BCUT2D eigenvalue weighted by Gasteiger charge is -2.29. The van der Waals surface area contributed by atoms with Crippen LogP contribution in [0.5, 0.6) is 0 Å². The lowest BCUT2D eigenvalue weighted by molar-refractivity contribution is -0.149. The maximum Gasteiger partial charge on any atom is 0.314 e. The van der Waals surface area contributed by atoms with Crippen molar-refractivity contribution in [2.45, 2.75) is 66.1 Å². The summed E-state index contributed by atoms with van der Waals surface area (Å²) < 4.78 is 66.6. The van der Waals surface area contributed by atoms with E-state index in [1.165, 1.54) is 12.4 Å². The van der Waals surface area contributed by atoms with Crippen LogP contribution in [-0.2, 0) is 32.9 Å². The first kappa shape index (κ1) is 25.7. The lowest BCUT2D eigenvalue weighted by atomic mass is 9.77. The topological polar surface area (TPSA) is 61.3 Å². The number of halogens is 4. The van der Waals surface area contributed by atoms with Gasteiger partial charge in [-0.3, -0.25) is 4.79 Å². The van der Waals surface area contributed by atoms with E-state index in [0.717, 1.165) is 7.11 Å². The minimum atomic E-state index is -1.63. The first-order chi connectivity index (χ1) is 14.7. The molecule has 2 aromatic rings. The molecule has 0 saturated carbocycles. The van der Waals surface area contributed by atoms with Crippen LogP contribution in [0.4, 0.5) is 17.6 Å². The fourth-order valence-electron chi connectivity index (χ4n) is 3.21. The molecular formula is C23H28F4N2O3. The van der Waals surface area contributed by atoms with Crippen molar-refractivity contribution in [1.29, 1.82) is 0 Å². The van der Waals surface area contributed by atoms with Crippen molar-refractivity contribution >= 4 is 5.97 Å². The second-order valence-corrected chi connectivity index (χ2v) is 9.64. The summed E-state index contributed by atoms with van der Waals surface area (Å²) in [6.45, 7) is 9.52. The van der Waals surface area contributed by atoms with Crippen LogP contribution in [0.3, 0.4) is 0 Å². The molecule has 9 heteroatoms. The molecule has 2 rings (SSSR count). The standard InChI is InChI=1S/C23H28F4N2O3/c1-22(2,3)15(12-8-28-21(29-9-12)23(4,5)6)20(30)32-11-14-18(26)16(24)13(10-31-7)17(25)19(14)27/h8-9,15H,10-11H2,1-7H3. The van der Waals surface area contributed by atoms with E-state index >= 15 is 0 Å². The Morgan fingerprint density at radius 1 is 0.875 bits per heavy atom. The highest BCUT2D eigenvalue weighted by molar-refractivity contribution is 5.79. The number of nitrogens with zero attached hydrogens (tertiary/aromatic N) is 2. The van der Waals surface area contributed by atoms with E-state index in [1.807, 2.05) is 20.8 Å². The first-order valence-corrected chi connectivity index (χ1v) is 10.0. The third-order valence-corrected chi connectivity index (χ3v) is 4.87. The maximum atomic E-state index is 14.3. The summed E-state index contributed by atoms with van der Waals surface area (Å²) in [5, 5.41) is 0. The number of benzene rings is 1. The van der Waals surface area contributed by atoms with E-state index in [0.29, 0.717) is 11.4 Å². The van der Waals surface area contributed by atoms with Gasteiger partial charge in [0.05, 0.1) is 23.7 Å². The van der Waals surface area contributed by atoms with E-state index in [9.17, 15) is 22.4 Å². The van der Waals surface area contributed by atoms with Gasteiger partial charge in [-0.15, -0.1) is 0 Å². The highest BCUT2D eigenvalue weighted by Crippen LogP contribution is 2.36. The Morgan fingerprint density at radius 2 is 1.31 bits per heavy atom. The summed E-state index contributed by atoms with van der Waals surface area (Å²) >= 11 is 0. The lowest BCUT2D eigenvalue weighted by Crippen LogP contribution is -2.29. The highest BCUT2D eigenvalue weighted by atomic mass is 19.2. The SMILES string of the molecule is COCc1c(F)c(F)c(COC(=O)C(c2cnc(C(C)(C)C)nc2)C(C)(C)C)c(F)c1F. The summed E-state index contributed by atoms with van der Waals surface area (Å²) in [6, 6.07) is 0. The Labute approximate surface area is 185 Å². The van der Waals surface area contributed by atoms with Crippen LogP contribution in [0.15, 0.2) is 12.4 Å². The Hall–Kier alpha value is -2.55. The first-order valence-electron chi connectivity index (χ1n) is 10.0. The van der Waals surface area contributed by atoms with Gasteiger partial charge >= 0.3 is 5.97 Å². The highest BCUT2D eigenvalue weighted by Gasteiger charge is 2.36. The number of esters is 1. The van der Waals surface area contributed by atoms with Crippen molar-refractivity contribution in [2.24, 2.45) is 5.41 Å². The molecule has 0 fully saturated rings. The molecule has 1 atom stereocenters. The maximum absolute atomic E-state index is 14.3. The zero-order chi connectivity index (χ0) is 24.4. The molecule has 0 saturated heterocycles. The van der Waals surface area contributed by atoms with Gasteiger partial charge in [0.1, 0.15) is 12.4 Å².